The highest BCUT2D eigenvalue weighted by Crippen LogP contribution is 2.22. The molecule has 3 rings (SSSR count). The number of aromatic nitrogens is 4. The maximum atomic E-state index is 12.2. The van der Waals surface area contributed by atoms with Crippen LogP contribution in [-0.2, 0) is 0 Å². The number of carbonyl (C=O) groups excluding carboxylic acids is 1. The molecular weight excluding hydrogens is 294 g/mol. The molecule has 9 heteroatoms. The lowest BCUT2D eigenvalue weighted by molar-refractivity contribution is 0.0702. The Balaban J connectivity index is 1.89. The zero-order chi connectivity index (χ0) is 15.0. The van der Waals surface area contributed by atoms with Crippen LogP contribution in [0.4, 0.5) is 5.00 Å². The van der Waals surface area contributed by atoms with Crippen LogP contribution in [0.1, 0.15) is 25.7 Å². The Bertz CT molecular complexity index is 854. The van der Waals surface area contributed by atoms with Crippen LogP contribution < -0.4 is 5.32 Å². The zero-order valence-electron chi connectivity index (χ0n) is 10.8. The molecule has 0 fully saturated rings. The lowest BCUT2D eigenvalue weighted by Crippen LogP contribution is -2.15. The normalized spacial score (nSPS) is 10.7. The molecule has 8 nitrogen and oxygen atoms in total. The van der Waals surface area contributed by atoms with Crippen molar-refractivity contribution in [2.45, 2.75) is 6.92 Å². The number of aromatic carboxylic acids is 1. The van der Waals surface area contributed by atoms with E-state index in [1.165, 1.54) is 23.1 Å². The molecule has 3 aromatic heterocycles. The van der Waals surface area contributed by atoms with E-state index in [9.17, 15) is 9.59 Å². The predicted molar refractivity (Wildman–Crippen MR) is 74.8 cm³/mol. The number of nitrogens with zero attached hydrogens (tertiary/aromatic N) is 4. The molecule has 21 heavy (non-hydrogen) atoms. The molecule has 0 aliphatic carbocycles. The maximum Gasteiger partial charge on any atom is 0.345 e. The Morgan fingerprint density at radius 3 is 2.86 bits per heavy atom. The Morgan fingerprint density at radius 2 is 2.14 bits per heavy atom. The van der Waals surface area contributed by atoms with Gasteiger partial charge < -0.3 is 10.4 Å². The van der Waals surface area contributed by atoms with Crippen molar-refractivity contribution in [1.29, 1.82) is 0 Å². The van der Waals surface area contributed by atoms with Crippen molar-refractivity contribution in [3.8, 4) is 0 Å². The van der Waals surface area contributed by atoms with E-state index >= 15 is 0 Å². The van der Waals surface area contributed by atoms with Gasteiger partial charge in [-0.05, 0) is 19.1 Å². The van der Waals surface area contributed by atoms with Crippen molar-refractivity contribution in [1.82, 2.24) is 19.6 Å². The van der Waals surface area contributed by atoms with Crippen LogP contribution in [0.5, 0.6) is 0 Å². The summed E-state index contributed by atoms with van der Waals surface area (Å²) in [6.07, 6.45) is 2.77. The molecule has 0 saturated heterocycles. The molecule has 0 atom stereocenters. The Morgan fingerprint density at radius 1 is 1.33 bits per heavy atom. The van der Waals surface area contributed by atoms with Gasteiger partial charge in [0.1, 0.15) is 11.2 Å². The minimum absolute atomic E-state index is 0.159. The molecular formula is C12H9N5O3S. The van der Waals surface area contributed by atoms with Crippen LogP contribution in [0.3, 0.4) is 0 Å². The van der Waals surface area contributed by atoms with Gasteiger partial charge in [-0.3, -0.25) is 4.79 Å². The first-order chi connectivity index (χ1) is 10.1. The third kappa shape index (κ3) is 2.34. The van der Waals surface area contributed by atoms with Crippen molar-refractivity contribution in [3.63, 3.8) is 0 Å². The second-order valence-corrected chi connectivity index (χ2v) is 5.24. The van der Waals surface area contributed by atoms with Crippen molar-refractivity contribution in [2.75, 3.05) is 5.32 Å². The fraction of sp³-hybridized carbons (Fsp3) is 0.0833. The molecule has 2 N–H and O–H groups in total. The summed E-state index contributed by atoms with van der Waals surface area (Å²) < 4.78 is 1.46. The molecule has 0 aliphatic rings. The van der Waals surface area contributed by atoms with E-state index in [1.54, 1.807) is 13.0 Å². The number of hydrogen-bond donors (Lipinski definition) is 2. The van der Waals surface area contributed by atoms with Gasteiger partial charge in [0.05, 0.1) is 16.3 Å². The Hall–Kier alpha value is -2.81. The fourth-order valence-electron chi connectivity index (χ4n) is 1.81. The van der Waals surface area contributed by atoms with Gasteiger partial charge in [0, 0.05) is 6.20 Å². The van der Waals surface area contributed by atoms with Gasteiger partial charge in [-0.1, -0.05) is 0 Å². The zero-order valence-corrected chi connectivity index (χ0v) is 11.6. The fourth-order valence-corrected chi connectivity index (χ4v) is 2.55. The summed E-state index contributed by atoms with van der Waals surface area (Å²) in [5, 5.41) is 15.9. The predicted octanol–water partition coefficient (Wildman–Crippen LogP) is 1.44. The largest absolute Gasteiger partial charge is 0.477 e. The Kier molecular flexibility index (Phi) is 3.10. The van der Waals surface area contributed by atoms with Crippen molar-refractivity contribution < 1.29 is 14.7 Å². The van der Waals surface area contributed by atoms with Crippen molar-refractivity contribution in [3.05, 3.63) is 40.8 Å². The number of nitrogens with one attached hydrogen (secondary N) is 1. The quantitative estimate of drug-likeness (QED) is 0.757. The molecule has 0 unspecified atom stereocenters. The summed E-state index contributed by atoms with van der Waals surface area (Å²) in [7, 11) is 0. The van der Waals surface area contributed by atoms with Crippen LogP contribution in [0.2, 0.25) is 0 Å². The number of fused-ring (bicyclic) bond motifs is 1. The van der Waals surface area contributed by atoms with Gasteiger partial charge >= 0.3 is 5.97 Å². The molecule has 106 valence electrons. The standard InChI is InChI=1S/C12H9N5O3S/c1-6-7(4-13-12-14-5-15-17(6)12)10(18)16-9-3-2-8(21-9)11(19)20/h2-5H,1H3,(H,16,18)(H,19,20). The number of carbonyl (C=O) groups is 2. The summed E-state index contributed by atoms with van der Waals surface area (Å²) in [5.41, 5.74) is 0.947. The van der Waals surface area contributed by atoms with Crippen molar-refractivity contribution >= 4 is 34.0 Å². The summed E-state index contributed by atoms with van der Waals surface area (Å²) >= 11 is 0.988. The summed E-state index contributed by atoms with van der Waals surface area (Å²) in [5.74, 6) is -0.994. The average Bonchev–Trinajstić information content (AvgIpc) is 3.07. The number of rotatable bonds is 3. The Labute approximate surface area is 122 Å². The molecule has 0 aliphatic heterocycles. The van der Waals surface area contributed by atoms with Crippen LogP contribution in [0, 0.1) is 6.92 Å². The van der Waals surface area contributed by atoms with E-state index < -0.39 is 5.97 Å². The molecule has 0 radical (unpaired) electrons. The summed E-state index contributed by atoms with van der Waals surface area (Å²) in [4.78, 5) is 31.2. The molecule has 3 heterocycles. The summed E-state index contributed by atoms with van der Waals surface area (Å²) in [6, 6.07) is 2.98. The highest BCUT2D eigenvalue weighted by molar-refractivity contribution is 7.18. The molecule has 1 amide bonds. The second kappa shape index (κ2) is 4.94. The number of hydrogen-bond acceptors (Lipinski definition) is 6. The first-order valence-corrected chi connectivity index (χ1v) is 6.67. The number of thiophene rings is 1. The van der Waals surface area contributed by atoms with Crippen LogP contribution in [0.25, 0.3) is 5.78 Å². The van der Waals surface area contributed by atoms with Gasteiger partial charge in [-0.25, -0.2) is 14.3 Å². The van der Waals surface area contributed by atoms with E-state index in [4.69, 9.17) is 5.11 Å². The minimum Gasteiger partial charge on any atom is -0.477 e. The highest BCUT2D eigenvalue weighted by Gasteiger charge is 2.15. The van der Waals surface area contributed by atoms with Gasteiger partial charge in [-0.2, -0.15) is 10.1 Å². The van der Waals surface area contributed by atoms with Gasteiger partial charge in [-0.15, -0.1) is 11.3 Å². The molecule has 0 spiro atoms. The molecule has 0 aromatic carbocycles. The number of carboxylic acid groups (broad SMARTS) is 1. The number of amides is 1. The first-order valence-electron chi connectivity index (χ1n) is 5.86. The van der Waals surface area contributed by atoms with Gasteiger partial charge in [0.25, 0.3) is 11.7 Å². The van der Waals surface area contributed by atoms with E-state index in [0.717, 1.165) is 11.3 Å². The third-order valence-electron chi connectivity index (χ3n) is 2.84. The van der Waals surface area contributed by atoms with Crippen LogP contribution >= 0.6 is 11.3 Å². The third-order valence-corrected chi connectivity index (χ3v) is 3.83. The van der Waals surface area contributed by atoms with E-state index in [2.05, 4.69) is 20.4 Å². The van der Waals surface area contributed by atoms with Crippen LogP contribution in [-0.4, -0.2) is 36.6 Å². The van der Waals surface area contributed by atoms with E-state index in [1.807, 2.05) is 0 Å². The lowest BCUT2D eigenvalue weighted by Gasteiger charge is -2.06. The highest BCUT2D eigenvalue weighted by atomic mass is 32.1. The SMILES string of the molecule is Cc1c(C(=O)Nc2ccc(C(=O)O)s2)cnc2ncnn12. The number of anilines is 1. The molecule has 3 aromatic rings. The molecule has 0 bridgehead atoms. The average molecular weight is 303 g/mol. The summed E-state index contributed by atoms with van der Waals surface area (Å²) in [6.45, 7) is 1.73. The lowest BCUT2D eigenvalue weighted by atomic mass is 10.2. The minimum atomic E-state index is -1.03. The maximum absolute atomic E-state index is 12.2. The van der Waals surface area contributed by atoms with Crippen molar-refractivity contribution in [2.24, 2.45) is 0 Å². The topological polar surface area (TPSA) is 109 Å². The van der Waals surface area contributed by atoms with E-state index in [0.29, 0.717) is 22.0 Å². The second-order valence-electron chi connectivity index (χ2n) is 4.15. The van der Waals surface area contributed by atoms with Gasteiger partial charge in [0.15, 0.2) is 0 Å². The number of aryl methyl sites for hydroxylation is 1. The first kappa shape index (κ1) is 13.2. The van der Waals surface area contributed by atoms with Crippen LogP contribution in [0.15, 0.2) is 24.7 Å². The number of carboxylic acids is 1. The smallest absolute Gasteiger partial charge is 0.345 e. The van der Waals surface area contributed by atoms with E-state index in [-0.39, 0.29) is 10.8 Å². The van der Waals surface area contributed by atoms with Gasteiger partial charge in [0.2, 0.25) is 0 Å². The molecule has 0 saturated carbocycles. The monoisotopic (exact) mass is 303 g/mol.